The molecule has 0 spiro atoms. The maximum absolute atomic E-state index is 13.8. The number of nitrogens with two attached hydrogens (primary N) is 1. The van der Waals surface area contributed by atoms with E-state index in [-0.39, 0.29) is 5.82 Å². The van der Waals surface area contributed by atoms with E-state index < -0.39 is 0 Å². The Balaban J connectivity index is 1.37. The molecule has 0 amide bonds. The molecule has 1 aliphatic heterocycles. The predicted octanol–water partition coefficient (Wildman–Crippen LogP) is 2.56. The quantitative estimate of drug-likeness (QED) is 0.636. The van der Waals surface area contributed by atoms with Gasteiger partial charge < -0.3 is 10.6 Å². The van der Waals surface area contributed by atoms with Gasteiger partial charge in [0.25, 0.3) is 0 Å². The smallest absolute Gasteiger partial charge is 0.203 e. The van der Waals surface area contributed by atoms with Crippen LogP contribution in [-0.2, 0) is 0 Å². The van der Waals surface area contributed by atoms with Gasteiger partial charge in [0.1, 0.15) is 5.82 Å². The molecule has 1 aromatic heterocycles. The first-order valence-electron chi connectivity index (χ1n) is 7.66. The van der Waals surface area contributed by atoms with Crippen molar-refractivity contribution in [3.63, 3.8) is 0 Å². The molecule has 3 rings (SSSR count). The number of hydrogen-bond acceptors (Lipinski definition) is 7. The van der Waals surface area contributed by atoms with Crippen LogP contribution < -0.4 is 10.6 Å². The zero-order valence-electron chi connectivity index (χ0n) is 12.8. The molecule has 1 saturated heterocycles. The van der Waals surface area contributed by atoms with Gasteiger partial charge in [-0.15, -0.1) is 10.2 Å². The third kappa shape index (κ3) is 4.55. The molecule has 2 N–H and O–H groups in total. The number of nitrogen functional groups attached to an aromatic ring is 1. The van der Waals surface area contributed by atoms with Crippen LogP contribution in [0.15, 0.2) is 28.6 Å². The highest BCUT2D eigenvalue weighted by Gasteiger charge is 2.18. The van der Waals surface area contributed by atoms with E-state index >= 15 is 0 Å². The van der Waals surface area contributed by atoms with E-state index in [0.717, 1.165) is 54.9 Å². The predicted molar refractivity (Wildman–Crippen MR) is 94.7 cm³/mol. The molecule has 0 saturated carbocycles. The van der Waals surface area contributed by atoms with Gasteiger partial charge >= 0.3 is 0 Å². The summed E-state index contributed by atoms with van der Waals surface area (Å²) in [4.78, 5) is 4.57. The molecule has 0 aliphatic carbocycles. The number of nitrogens with zero attached hydrogens (tertiary/aromatic N) is 4. The Kier molecular flexibility index (Phi) is 5.69. The van der Waals surface area contributed by atoms with E-state index in [9.17, 15) is 4.39 Å². The first-order valence-corrected chi connectivity index (χ1v) is 9.46. The highest BCUT2D eigenvalue weighted by molar-refractivity contribution is 8.01. The summed E-state index contributed by atoms with van der Waals surface area (Å²) in [6.07, 6.45) is 1.10. The third-order valence-electron chi connectivity index (χ3n) is 3.83. The van der Waals surface area contributed by atoms with Gasteiger partial charge in [0, 0.05) is 31.9 Å². The summed E-state index contributed by atoms with van der Waals surface area (Å²) in [5.41, 5.74) is 6.28. The molecule has 23 heavy (non-hydrogen) atoms. The van der Waals surface area contributed by atoms with Gasteiger partial charge in [0.05, 0.1) is 5.69 Å². The fourth-order valence-corrected chi connectivity index (χ4v) is 4.28. The molecular formula is C15H20FN5S2. The van der Waals surface area contributed by atoms with Crippen LogP contribution in [0.5, 0.6) is 0 Å². The Hall–Kier alpha value is -1.38. The van der Waals surface area contributed by atoms with E-state index in [1.807, 2.05) is 12.1 Å². The fraction of sp³-hybridized carbons (Fsp3) is 0.467. The minimum Gasteiger partial charge on any atom is -0.374 e. The van der Waals surface area contributed by atoms with Crippen LogP contribution in [-0.4, -0.2) is 53.6 Å². The van der Waals surface area contributed by atoms with Crippen LogP contribution in [0, 0.1) is 5.82 Å². The standard InChI is InChI=1S/C15H20FN5S2/c16-12-4-1-2-5-13(12)21-9-7-20(8-10-21)6-3-11-22-15-19-18-14(17)23-15/h1-2,4-5H,3,6-11H2,(H2,17,18). The summed E-state index contributed by atoms with van der Waals surface area (Å²) in [6, 6.07) is 7.01. The monoisotopic (exact) mass is 353 g/mol. The molecule has 0 radical (unpaired) electrons. The Labute approximate surface area is 143 Å². The number of hydrogen-bond donors (Lipinski definition) is 1. The number of thioether (sulfide) groups is 1. The van der Waals surface area contributed by atoms with Gasteiger partial charge in [-0.1, -0.05) is 35.2 Å². The summed E-state index contributed by atoms with van der Waals surface area (Å²) in [5.74, 6) is 0.885. The first-order chi connectivity index (χ1) is 11.2. The lowest BCUT2D eigenvalue weighted by molar-refractivity contribution is 0.258. The van der Waals surface area contributed by atoms with E-state index in [0.29, 0.717) is 5.13 Å². The lowest BCUT2D eigenvalue weighted by Crippen LogP contribution is -2.47. The van der Waals surface area contributed by atoms with Crippen molar-refractivity contribution >= 4 is 33.9 Å². The minimum atomic E-state index is -0.131. The SMILES string of the molecule is Nc1nnc(SCCCN2CCN(c3ccccc3F)CC2)s1. The van der Waals surface area contributed by atoms with Crippen molar-refractivity contribution in [1.29, 1.82) is 0 Å². The molecule has 1 aliphatic rings. The van der Waals surface area contributed by atoms with E-state index in [4.69, 9.17) is 5.73 Å². The Morgan fingerprint density at radius 2 is 1.96 bits per heavy atom. The largest absolute Gasteiger partial charge is 0.374 e. The van der Waals surface area contributed by atoms with E-state index in [1.165, 1.54) is 17.4 Å². The fourth-order valence-electron chi connectivity index (χ4n) is 2.65. The summed E-state index contributed by atoms with van der Waals surface area (Å²) in [6.45, 7) is 4.77. The molecule has 8 heteroatoms. The van der Waals surface area contributed by atoms with Gasteiger partial charge in [0.2, 0.25) is 5.13 Å². The number of rotatable bonds is 6. The maximum atomic E-state index is 13.8. The highest BCUT2D eigenvalue weighted by Crippen LogP contribution is 2.24. The second-order valence-corrected chi connectivity index (χ2v) is 7.74. The van der Waals surface area contributed by atoms with Crippen molar-refractivity contribution in [3.05, 3.63) is 30.1 Å². The van der Waals surface area contributed by atoms with Crippen LogP contribution in [0.25, 0.3) is 0 Å². The Bertz CT molecular complexity index is 628. The molecule has 0 unspecified atom stereocenters. The van der Waals surface area contributed by atoms with Crippen molar-refractivity contribution < 1.29 is 4.39 Å². The average Bonchev–Trinajstić information content (AvgIpc) is 2.98. The number of para-hydroxylation sites is 1. The summed E-state index contributed by atoms with van der Waals surface area (Å²) < 4.78 is 14.7. The molecule has 5 nitrogen and oxygen atoms in total. The van der Waals surface area contributed by atoms with Crippen molar-refractivity contribution in [1.82, 2.24) is 15.1 Å². The third-order valence-corrected chi connectivity index (χ3v) is 5.80. The van der Waals surface area contributed by atoms with Gasteiger partial charge in [-0.05, 0) is 25.1 Å². The van der Waals surface area contributed by atoms with Gasteiger partial charge in [0.15, 0.2) is 4.34 Å². The van der Waals surface area contributed by atoms with E-state index in [2.05, 4.69) is 20.0 Å². The van der Waals surface area contributed by atoms with Crippen LogP contribution in [0.1, 0.15) is 6.42 Å². The molecule has 1 aromatic carbocycles. The number of piperazine rings is 1. The zero-order chi connectivity index (χ0) is 16.1. The molecule has 2 aromatic rings. The van der Waals surface area contributed by atoms with Crippen LogP contribution in [0.2, 0.25) is 0 Å². The van der Waals surface area contributed by atoms with Crippen molar-refractivity contribution in [3.8, 4) is 0 Å². The summed E-state index contributed by atoms with van der Waals surface area (Å²) in [5, 5.41) is 8.34. The molecular weight excluding hydrogens is 333 g/mol. The number of anilines is 2. The summed E-state index contributed by atoms with van der Waals surface area (Å²) in [7, 11) is 0. The van der Waals surface area contributed by atoms with Crippen LogP contribution in [0.3, 0.4) is 0 Å². The maximum Gasteiger partial charge on any atom is 0.203 e. The highest BCUT2D eigenvalue weighted by atomic mass is 32.2. The lowest BCUT2D eigenvalue weighted by Gasteiger charge is -2.36. The summed E-state index contributed by atoms with van der Waals surface area (Å²) >= 11 is 3.14. The van der Waals surface area contributed by atoms with Gasteiger partial charge in [-0.25, -0.2) is 4.39 Å². The second kappa shape index (κ2) is 7.94. The molecule has 0 atom stereocenters. The molecule has 0 bridgehead atoms. The van der Waals surface area contributed by atoms with Gasteiger partial charge in [-0.2, -0.15) is 0 Å². The lowest BCUT2D eigenvalue weighted by atomic mass is 10.2. The number of halogens is 1. The zero-order valence-corrected chi connectivity index (χ0v) is 14.5. The number of benzene rings is 1. The normalized spacial score (nSPS) is 16.0. The van der Waals surface area contributed by atoms with Crippen LogP contribution in [0.4, 0.5) is 15.2 Å². The second-order valence-electron chi connectivity index (χ2n) is 5.39. The Morgan fingerprint density at radius 1 is 1.17 bits per heavy atom. The van der Waals surface area contributed by atoms with Crippen molar-refractivity contribution in [2.45, 2.75) is 10.8 Å². The van der Waals surface area contributed by atoms with Crippen LogP contribution >= 0.6 is 23.1 Å². The first kappa shape index (κ1) is 16.5. The Morgan fingerprint density at radius 3 is 2.65 bits per heavy atom. The van der Waals surface area contributed by atoms with Crippen molar-refractivity contribution in [2.24, 2.45) is 0 Å². The molecule has 2 heterocycles. The molecule has 1 fully saturated rings. The van der Waals surface area contributed by atoms with Crippen molar-refractivity contribution in [2.75, 3.05) is 49.1 Å². The molecule has 124 valence electrons. The van der Waals surface area contributed by atoms with E-state index in [1.54, 1.807) is 17.8 Å². The average molecular weight is 353 g/mol. The van der Waals surface area contributed by atoms with Gasteiger partial charge in [-0.3, -0.25) is 4.90 Å². The topological polar surface area (TPSA) is 58.3 Å². The minimum absolute atomic E-state index is 0.131. The number of aromatic nitrogens is 2.